The van der Waals surface area contributed by atoms with Crippen molar-refractivity contribution >= 4 is 29.1 Å². The maximum Gasteiger partial charge on any atom is 0.259 e. The number of carbonyl (C=O) groups is 2. The van der Waals surface area contributed by atoms with Crippen molar-refractivity contribution in [2.24, 2.45) is 0 Å². The molecule has 0 radical (unpaired) electrons. The van der Waals surface area contributed by atoms with Gasteiger partial charge in [-0.2, -0.15) is 0 Å². The second kappa shape index (κ2) is 4.86. The molecule has 1 aromatic carbocycles. The number of aromatic nitrogens is 2. The highest BCUT2D eigenvalue weighted by Gasteiger charge is 2.26. The van der Waals surface area contributed by atoms with E-state index in [1.54, 1.807) is 25.2 Å². The Bertz CT molecular complexity index is 757. The average molecular weight is 283 g/mol. The largest absolute Gasteiger partial charge is 0.373 e. The van der Waals surface area contributed by atoms with Crippen molar-refractivity contribution in [3.8, 4) is 0 Å². The molecule has 0 aliphatic carbocycles. The van der Waals surface area contributed by atoms with E-state index in [4.69, 9.17) is 0 Å². The summed E-state index contributed by atoms with van der Waals surface area (Å²) in [5.41, 5.74) is 2.30. The minimum Gasteiger partial charge on any atom is -0.373 e. The lowest BCUT2D eigenvalue weighted by Gasteiger charge is -2.11. The van der Waals surface area contributed by atoms with Crippen LogP contribution in [0.5, 0.6) is 0 Å². The van der Waals surface area contributed by atoms with E-state index in [9.17, 15) is 9.59 Å². The lowest BCUT2D eigenvalue weighted by Crippen LogP contribution is -2.19. The van der Waals surface area contributed by atoms with Crippen molar-refractivity contribution < 1.29 is 9.59 Å². The van der Waals surface area contributed by atoms with Gasteiger partial charge in [-0.1, -0.05) is 0 Å². The number of hydrogen-bond acceptors (Lipinski definition) is 6. The molecule has 3 N–H and O–H groups in total. The fraction of sp³-hybridized carbons (Fsp3) is 0.143. The first-order chi connectivity index (χ1) is 10.1. The summed E-state index contributed by atoms with van der Waals surface area (Å²) in [6, 6.07) is 4.99. The highest BCUT2D eigenvalue weighted by molar-refractivity contribution is 6.21. The number of anilines is 3. The molecule has 0 fully saturated rings. The van der Waals surface area contributed by atoms with Crippen molar-refractivity contribution in [1.29, 1.82) is 0 Å². The SMILES string of the molecule is CNc1ncnc(Nc2ccc3c(c2)C(=O)NC3=O)c1C. The molecule has 7 heteroatoms. The summed E-state index contributed by atoms with van der Waals surface area (Å²) in [5.74, 6) is 0.617. The van der Waals surface area contributed by atoms with Crippen LogP contribution in [-0.2, 0) is 0 Å². The zero-order valence-electron chi connectivity index (χ0n) is 11.5. The van der Waals surface area contributed by atoms with Crippen LogP contribution in [0.4, 0.5) is 17.3 Å². The molecule has 0 atom stereocenters. The number of rotatable bonds is 3. The Morgan fingerprint density at radius 2 is 1.76 bits per heavy atom. The van der Waals surface area contributed by atoms with E-state index in [-0.39, 0.29) is 11.8 Å². The van der Waals surface area contributed by atoms with Crippen LogP contribution >= 0.6 is 0 Å². The molecule has 106 valence electrons. The van der Waals surface area contributed by atoms with Gasteiger partial charge in [0.05, 0.1) is 11.1 Å². The van der Waals surface area contributed by atoms with Gasteiger partial charge in [-0.05, 0) is 25.1 Å². The third-order valence-corrected chi connectivity index (χ3v) is 3.32. The summed E-state index contributed by atoms with van der Waals surface area (Å²) in [7, 11) is 1.78. The van der Waals surface area contributed by atoms with Crippen LogP contribution in [0.15, 0.2) is 24.5 Å². The number of nitrogens with one attached hydrogen (secondary N) is 3. The van der Waals surface area contributed by atoms with Gasteiger partial charge in [0.25, 0.3) is 11.8 Å². The van der Waals surface area contributed by atoms with Gasteiger partial charge >= 0.3 is 0 Å². The summed E-state index contributed by atoms with van der Waals surface area (Å²) in [6.07, 6.45) is 1.45. The minimum absolute atomic E-state index is 0.364. The summed E-state index contributed by atoms with van der Waals surface area (Å²) in [4.78, 5) is 31.4. The summed E-state index contributed by atoms with van der Waals surface area (Å²) in [6.45, 7) is 1.89. The van der Waals surface area contributed by atoms with E-state index >= 15 is 0 Å². The van der Waals surface area contributed by atoms with E-state index in [2.05, 4.69) is 25.9 Å². The minimum atomic E-state index is -0.381. The molecule has 1 aliphatic rings. The third kappa shape index (κ3) is 2.18. The Balaban J connectivity index is 1.95. The number of benzene rings is 1. The number of fused-ring (bicyclic) bond motifs is 1. The van der Waals surface area contributed by atoms with Crippen LogP contribution in [0, 0.1) is 6.92 Å². The molecular weight excluding hydrogens is 270 g/mol. The predicted octanol–water partition coefficient (Wildman–Crippen LogP) is 1.45. The zero-order valence-corrected chi connectivity index (χ0v) is 11.5. The topological polar surface area (TPSA) is 96.0 Å². The molecule has 3 rings (SSSR count). The molecule has 2 aromatic rings. The molecule has 1 aromatic heterocycles. The lowest BCUT2D eigenvalue weighted by atomic mass is 10.1. The number of hydrogen-bond donors (Lipinski definition) is 3. The van der Waals surface area contributed by atoms with E-state index in [0.29, 0.717) is 22.6 Å². The summed E-state index contributed by atoms with van der Waals surface area (Å²) in [5, 5.41) is 8.37. The molecule has 21 heavy (non-hydrogen) atoms. The Labute approximate surface area is 120 Å². The van der Waals surface area contributed by atoms with Crippen molar-refractivity contribution in [3.05, 3.63) is 41.2 Å². The number of imide groups is 1. The normalized spacial score (nSPS) is 12.9. The predicted molar refractivity (Wildman–Crippen MR) is 77.8 cm³/mol. The zero-order chi connectivity index (χ0) is 15.0. The molecule has 0 bridgehead atoms. The van der Waals surface area contributed by atoms with E-state index in [1.807, 2.05) is 6.92 Å². The molecule has 0 spiro atoms. The molecule has 2 amide bonds. The first-order valence-electron chi connectivity index (χ1n) is 6.36. The van der Waals surface area contributed by atoms with Crippen LogP contribution in [-0.4, -0.2) is 28.8 Å². The van der Waals surface area contributed by atoms with Gasteiger partial charge in [-0.25, -0.2) is 9.97 Å². The molecule has 0 saturated carbocycles. The quantitative estimate of drug-likeness (QED) is 0.738. The first kappa shape index (κ1) is 13.0. The maximum atomic E-state index is 11.7. The lowest BCUT2D eigenvalue weighted by molar-refractivity contribution is 0.0879. The Hall–Kier alpha value is -2.96. The molecule has 1 aliphatic heterocycles. The van der Waals surface area contributed by atoms with Crippen molar-refractivity contribution in [2.45, 2.75) is 6.92 Å². The second-order valence-electron chi connectivity index (χ2n) is 4.61. The fourth-order valence-corrected chi connectivity index (χ4v) is 2.21. The van der Waals surface area contributed by atoms with Gasteiger partial charge in [0.1, 0.15) is 18.0 Å². The average Bonchev–Trinajstić information content (AvgIpc) is 2.76. The van der Waals surface area contributed by atoms with Gasteiger partial charge in [-0.3, -0.25) is 14.9 Å². The van der Waals surface area contributed by atoms with Crippen LogP contribution < -0.4 is 16.0 Å². The van der Waals surface area contributed by atoms with Gasteiger partial charge in [0.2, 0.25) is 0 Å². The Morgan fingerprint density at radius 1 is 1.05 bits per heavy atom. The van der Waals surface area contributed by atoms with Crippen molar-refractivity contribution in [2.75, 3.05) is 17.7 Å². The van der Waals surface area contributed by atoms with Gasteiger partial charge in [0, 0.05) is 18.3 Å². The molecule has 2 heterocycles. The van der Waals surface area contributed by atoms with Gasteiger partial charge in [0.15, 0.2) is 0 Å². The van der Waals surface area contributed by atoms with E-state index < -0.39 is 0 Å². The highest BCUT2D eigenvalue weighted by atomic mass is 16.2. The van der Waals surface area contributed by atoms with Gasteiger partial charge in [-0.15, -0.1) is 0 Å². The first-order valence-corrected chi connectivity index (χ1v) is 6.36. The number of carbonyl (C=O) groups excluding carboxylic acids is 2. The smallest absolute Gasteiger partial charge is 0.259 e. The van der Waals surface area contributed by atoms with Crippen LogP contribution in [0.2, 0.25) is 0 Å². The highest BCUT2D eigenvalue weighted by Crippen LogP contribution is 2.25. The Kier molecular flexibility index (Phi) is 3.02. The molecule has 0 saturated heterocycles. The number of amides is 2. The number of nitrogens with zero attached hydrogens (tertiary/aromatic N) is 2. The Morgan fingerprint density at radius 3 is 2.52 bits per heavy atom. The third-order valence-electron chi connectivity index (χ3n) is 3.32. The fourth-order valence-electron chi connectivity index (χ4n) is 2.21. The van der Waals surface area contributed by atoms with E-state index in [1.165, 1.54) is 6.33 Å². The molecule has 7 nitrogen and oxygen atoms in total. The van der Waals surface area contributed by atoms with E-state index in [0.717, 1.165) is 11.4 Å². The van der Waals surface area contributed by atoms with Crippen molar-refractivity contribution in [3.63, 3.8) is 0 Å². The van der Waals surface area contributed by atoms with Crippen molar-refractivity contribution in [1.82, 2.24) is 15.3 Å². The summed E-state index contributed by atoms with van der Waals surface area (Å²) < 4.78 is 0. The summed E-state index contributed by atoms with van der Waals surface area (Å²) >= 11 is 0. The molecular formula is C14H13N5O2. The standard InChI is InChI=1S/C14H13N5O2/c1-7-11(15-2)16-6-17-12(7)18-8-3-4-9-10(5-8)14(21)19-13(9)20/h3-6H,1-2H3,(H,19,20,21)(H2,15,16,17,18). The maximum absolute atomic E-state index is 11.7. The second-order valence-corrected chi connectivity index (χ2v) is 4.61. The molecule has 0 unspecified atom stereocenters. The monoisotopic (exact) mass is 283 g/mol. The van der Waals surface area contributed by atoms with Crippen LogP contribution in [0.25, 0.3) is 0 Å². The van der Waals surface area contributed by atoms with Crippen LogP contribution in [0.1, 0.15) is 26.3 Å². The van der Waals surface area contributed by atoms with Crippen LogP contribution in [0.3, 0.4) is 0 Å². The van der Waals surface area contributed by atoms with Gasteiger partial charge < -0.3 is 10.6 Å².